The van der Waals surface area contributed by atoms with E-state index in [9.17, 15) is 8.42 Å². The van der Waals surface area contributed by atoms with Crippen molar-refractivity contribution in [2.24, 2.45) is 9.98 Å². The smallest absolute Gasteiger partial charge is 0.211 e. The molecule has 0 saturated carbocycles. The SMILES string of the molecule is CCOc1cccc(C(=NC)C2=CC(N3CCN(S(C)(=O)=O)CC3)N=CN2)c1. The lowest BCUT2D eigenvalue weighted by Crippen LogP contribution is -2.51. The minimum absolute atomic E-state index is 0.148. The Morgan fingerprint density at radius 3 is 2.71 bits per heavy atom. The van der Waals surface area contributed by atoms with E-state index >= 15 is 0 Å². The third-order valence-corrected chi connectivity index (χ3v) is 6.08. The summed E-state index contributed by atoms with van der Waals surface area (Å²) in [6.07, 6.45) is 4.82. The first-order chi connectivity index (χ1) is 13.4. The highest BCUT2D eigenvalue weighted by atomic mass is 32.2. The highest BCUT2D eigenvalue weighted by molar-refractivity contribution is 7.88. The molecule has 2 aliphatic heterocycles. The lowest BCUT2D eigenvalue weighted by Gasteiger charge is -2.36. The third kappa shape index (κ3) is 4.78. The van der Waals surface area contributed by atoms with Gasteiger partial charge in [0.05, 0.1) is 30.6 Å². The monoisotopic (exact) mass is 405 g/mol. The maximum atomic E-state index is 11.7. The Morgan fingerprint density at radius 2 is 2.07 bits per heavy atom. The Bertz CT molecular complexity index is 887. The lowest BCUT2D eigenvalue weighted by atomic mass is 10.1. The summed E-state index contributed by atoms with van der Waals surface area (Å²) in [5.41, 5.74) is 2.66. The Kier molecular flexibility index (Phi) is 6.48. The van der Waals surface area contributed by atoms with Crippen LogP contribution in [-0.2, 0) is 10.0 Å². The van der Waals surface area contributed by atoms with Crippen LogP contribution in [-0.4, -0.2) is 81.9 Å². The molecule has 1 saturated heterocycles. The molecule has 0 amide bonds. The van der Waals surface area contributed by atoms with Crippen molar-refractivity contribution in [3.63, 3.8) is 0 Å². The number of sulfonamides is 1. The van der Waals surface area contributed by atoms with E-state index in [1.165, 1.54) is 10.6 Å². The molecule has 1 unspecified atom stereocenters. The molecule has 1 N–H and O–H groups in total. The van der Waals surface area contributed by atoms with Crippen molar-refractivity contribution in [2.45, 2.75) is 13.1 Å². The van der Waals surface area contributed by atoms with Gasteiger partial charge in [0, 0.05) is 38.8 Å². The van der Waals surface area contributed by atoms with Crippen LogP contribution in [0.3, 0.4) is 0 Å². The standard InChI is InChI=1S/C19H27N5O3S/c1-4-27-16-7-5-6-15(12-16)19(20-2)17-13-18(22-14-21-17)23-8-10-24(11-9-23)28(3,25)26/h5-7,12-14,18H,4,8-11H2,1-3H3,(H,21,22). The summed E-state index contributed by atoms with van der Waals surface area (Å²) in [5, 5.41) is 3.19. The average molecular weight is 406 g/mol. The predicted octanol–water partition coefficient (Wildman–Crippen LogP) is 0.923. The fraction of sp³-hybridized carbons (Fsp3) is 0.474. The number of allylic oxidation sites excluding steroid dienone is 1. The first-order valence-corrected chi connectivity index (χ1v) is 11.2. The molecule has 152 valence electrons. The zero-order valence-electron chi connectivity index (χ0n) is 16.5. The second kappa shape index (κ2) is 8.85. The molecule has 9 heteroatoms. The van der Waals surface area contributed by atoms with Gasteiger partial charge in [0.2, 0.25) is 10.0 Å². The molecule has 2 heterocycles. The van der Waals surface area contributed by atoms with Gasteiger partial charge in [-0.15, -0.1) is 0 Å². The van der Waals surface area contributed by atoms with Crippen molar-refractivity contribution >= 4 is 22.1 Å². The number of aliphatic imine (C=N–C) groups is 2. The summed E-state index contributed by atoms with van der Waals surface area (Å²) in [6.45, 7) is 4.79. The maximum Gasteiger partial charge on any atom is 0.211 e. The number of hydrogen-bond acceptors (Lipinski definition) is 7. The molecule has 3 rings (SSSR count). The molecule has 8 nitrogen and oxygen atoms in total. The molecule has 0 radical (unpaired) electrons. The van der Waals surface area contributed by atoms with E-state index in [4.69, 9.17) is 4.74 Å². The molecule has 0 bridgehead atoms. The molecule has 1 fully saturated rings. The van der Waals surface area contributed by atoms with Gasteiger partial charge in [-0.25, -0.2) is 8.42 Å². The van der Waals surface area contributed by atoms with Gasteiger partial charge in [0.15, 0.2) is 0 Å². The van der Waals surface area contributed by atoms with Gasteiger partial charge in [0.1, 0.15) is 11.9 Å². The number of rotatable bonds is 6. The topological polar surface area (TPSA) is 86.6 Å². The summed E-state index contributed by atoms with van der Waals surface area (Å²) in [6, 6.07) is 7.85. The fourth-order valence-electron chi connectivity index (χ4n) is 3.38. The van der Waals surface area contributed by atoms with Gasteiger partial charge in [-0.3, -0.25) is 14.9 Å². The number of piperazine rings is 1. The summed E-state index contributed by atoms with van der Waals surface area (Å²) in [4.78, 5) is 11.2. The number of nitrogens with zero attached hydrogens (tertiary/aromatic N) is 4. The molecule has 1 atom stereocenters. The summed E-state index contributed by atoms with van der Waals surface area (Å²) in [5.74, 6) is 0.805. The van der Waals surface area contributed by atoms with E-state index in [0.29, 0.717) is 32.8 Å². The molecule has 1 aromatic rings. The minimum atomic E-state index is -3.14. The normalized spacial score (nSPS) is 21.9. The van der Waals surface area contributed by atoms with Crippen molar-refractivity contribution in [2.75, 3.05) is 46.1 Å². The summed E-state index contributed by atoms with van der Waals surface area (Å²) >= 11 is 0. The fourth-order valence-corrected chi connectivity index (χ4v) is 4.20. The van der Waals surface area contributed by atoms with Crippen LogP contribution in [0, 0.1) is 0 Å². The van der Waals surface area contributed by atoms with Crippen molar-refractivity contribution in [3.05, 3.63) is 41.6 Å². The van der Waals surface area contributed by atoms with E-state index in [1.807, 2.05) is 37.3 Å². The summed E-state index contributed by atoms with van der Waals surface area (Å²) in [7, 11) is -1.38. The second-order valence-corrected chi connectivity index (χ2v) is 8.63. The first kappa shape index (κ1) is 20.5. The van der Waals surface area contributed by atoms with E-state index in [2.05, 4.69) is 20.2 Å². The molecular formula is C19H27N5O3S. The quantitative estimate of drug-likeness (QED) is 0.712. The van der Waals surface area contributed by atoms with Crippen LogP contribution in [0.25, 0.3) is 0 Å². The van der Waals surface area contributed by atoms with Gasteiger partial charge in [-0.1, -0.05) is 12.1 Å². The van der Waals surface area contributed by atoms with Gasteiger partial charge in [-0.2, -0.15) is 4.31 Å². The van der Waals surface area contributed by atoms with E-state index < -0.39 is 10.0 Å². The minimum Gasteiger partial charge on any atom is -0.494 e. The van der Waals surface area contributed by atoms with Crippen LogP contribution in [0.15, 0.2) is 46.0 Å². The number of benzene rings is 1. The van der Waals surface area contributed by atoms with Crippen molar-refractivity contribution in [1.29, 1.82) is 0 Å². The molecule has 0 aromatic heterocycles. The van der Waals surface area contributed by atoms with Gasteiger partial charge >= 0.3 is 0 Å². The number of hydrogen-bond donors (Lipinski definition) is 1. The van der Waals surface area contributed by atoms with Crippen molar-refractivity contribution < 1.29 is 13.2 Å². The van der Waals surface area contributed by atoms with E-state index in [-0.39, 0.29) is 6.17 Å². The second-order valence-electron chi connectivity index (χ2n) is 6.65. The molecule has 28 heavy (non-hydrogen) atoms. The lowest BCUT2D eigenvalue weighted by molar-refractivity contribution is 0.162. The Hall–Kier alpha value is -2.23. The van der Waals surface area contributed by atoms with Crippen molar-refractivity contribution in [1.82, 2.24) is 14.5 Å². The zero-order valence-corrected chi connectivity index (χ0v) is 17.3. The number of ether oxygens (including phenoxy) is 1. The maximum absolute atomic E-state index is 11.7. The highest BCUT2D eigenvalue weighted by Crippen LogP contribution is 2.19. The van der Waals surface area contributed by atoms with Crippen LogP contribution in [0.1, 0.15) is 12.5 Å². The van der Waals surface area contributed by atoms with Gasteiger partial charge in [0.25, 0.3) is 0 Å². The van der Waals surface area contributed by atoms with Crippen molar-refractivity contribution in [3.8, 4) is 5.75 Å². The van der Waals surface area contributed by atoms with Crippen LogP contribution >= 0.6 is 0 Å². The van der Waals surface area contributed by atoms with Crippen LogP contribution in [0.5, 0.6) is 5.75 Å². The first-order valence-electron chi connectivity index (χ1n) is 9.32. The van der Waals surface area contributed by atoms with E-state index in [1.54, 1.807) is 13.4 Å². The van der Waals surface area contributed by atoms with Crippen LogP contribution < -0.4 is 10.1 Å². The molecule has 0 aliphatic carbocycles. The molecule has 2 aliphatic rings. The van der Waals surface area contributed by atoms with Crippen LogP contribution in [0.4, 0.5) is 0 Å². The Labute approximate surface area is 166 Å². The third-order valence-electron chi connectivity index (χ3n) is 4.78. The Balaban J connectivity index is 1.76. The van der Waals surface area contributed by atoms with Crippen LogP contribution in [0.2, 0.25) is 0 Å². The largest absolute Gasteiger partial charge is 0.494 e. The molecule has 0 spiro atoms. The zero-order chi connectivity index (χ0) is 20.1. The van der Waals surface area contributed by atoms with E-state index in [0.717, 1.165) is 22.7 Å². The summed E-state index contributed by atoms with van der Waals surface area (Å²) < 4.78 is 30.5. The molecular weight excluding hydrogens is 378 g/mol. The average Bonchev–Trinajstić information content (AvgIpc) is 2.69. The Morgan fingerprint density at radius 1 is 1.32 bits per heavy atom. The number of nitrogens with one attached hydrogen (secondary N) is 1. The van der Waals surface area contributed by atoms with Gasteiger partial charge in [-0.05, 0) is 25.1 Å². The van der Waals surface area contributed by atoms with Gasteiger partial charge < -0.3 is 10.1 Å². The highest BCUT2D eigenvalue weighted by Gasteiger charge is 2.28. The predicted molar refractivity (Wildman–Crippen MR) is 112 cm³/mol. The molecule has 1 aromatic carbocycles.